The molecule has 0 radical (unpaired) electrons. The summed E-state index contributed by atoms with van der Waals surface area (Å²) >= 11 is 0. The van der Waals surface area contributed by atoms with E-state index >= 15 is 0 Å². The van der Waals surface area contributed by atoms with Crippen LogP contribution >= 0.6 is 0 Å². The van der Waals surface area contributed by atoms with Crippen LogP contribution in [0.25, 0.3) is 4.85 Å². The molecule has 0 atom stereocenters. The maximum Gasteiger partial charge on any atom is 0.187 e. The Kier molecular flexibility index (Phi) is 2.12. The third-order valence-corrected chi connectivity index (χ3v) is 3.57. The van der Waals surface area contributed by atoms with Crippen molar-refractivity contribution in [2.75, 3.05) is 24.6 Å². The minimum atomic E-state index is 0.243. The lowest BCUT2D eigenvalue weighted by molar-refractivity contribution is 0.259. The Hall–Kier alpha value is -1.53. The van der Waals surface area contributed by atoms with Gasteiger partial charge in [0, 0.05) is 18.8 Å². The van der Waals surface area contributed by atoms with E-state index in [2.05, 4.69) is 9.74 Å². The second kappa shape index (κ2) is 3.50. The topological polar surface area (TPSA) is 20.1 Å². The molecule has 1 aromatic carbocycles. The molecule has 82 valence electrons. The molecule has 2 fully saturated rings. The van der Waals surface area contributed by atoms with Crippen LogP contribution in [0.2, 0.25) is 0 Å². The van der Waals surface area contributed by atoms with Gasteiger partial charge in [-0.3, -0.25) is 0 Å². The van der Waals surface area contributed by atoms with Crippen LogP contribution in [0.1, 0.15) is 12.8 Å². The molecule has 0 bridgehead atoms. The van der Waals surface area contributed by atoms with Gasteiger partial charge in [0.2, 0.25) is 0 Å². The maximum atomic E-state index is 6.91. The largest absolute Gasteiger partial charge is 0.371 e. The standard InChI is InChI=1S/C13H14N2O/c1-14-11-2-4-12(5-3-11)15-8-6-13(7-9-15)10-16-13/h2-5H,6-10H2. The molecule has 16 heavy (non-hydrogen) atoms. The zero-order valence-corrected chi connectivity index (χ0v) is 9.15. The highest BCUT2D eigenvalue weighted by Crippen LogP contribution is 2.38. The summed E-state index contributed by atoms with van der Waals surface area (Å²) in [6.07, 6.45) is 2.27. The number of benzene rings is 1. The molecule has 1 spiro atoms. The lowest BCUT2D eigenvalue weighted by Gasteiger charge is -2.32. The fourth-order valence-electron chi connectivity index (χ4n) is 2.30. The van der Waals surface area contributed by atoms with Gasteiger partial charge in [-0.2, -0.15) is 0 Å². The Morgan fingerprint density at radius 1 is 1.19 bits per heavy atom. The van der Waals surface area contributed by atoms with Gasteiger partial charge in [-0.15, -0.1) is 0 Å². The van der Waals surface area contributed by atoms with Crippen LogP contribution in [0.5, 0.6) is 0 Å². The van der Waals surface area contributed by atoms with E-state index in [-0.39, 0.29) is 5.60 Å². The van der Waals surface area contributed by atoms with E-state index in [1.54, 1.807) is 0 Å². The molecule has 3 rings (SSSR count). The monoisotopic (exact) mass is 214 g/mol. The summed E-state index contributed by atoms with van der Waals surface area (Å²) in [6.45, 7) is 10.0. The van der Waals surface area contributed by atoms with Gasteiger partial charge in [0.25, 0.3) is 0 Å². The van der Waals surface area contributed by atoms with Gasteiger partial charge in [0.1, 0.15) is 0 Å². The first kappa shape index (κ1) is 9.68. The third kappa shape index (κ3) is 1.66. The van der Waals surface area contributed by atoms with Gasteiger partial charge in [-0.25, -0.2) is 4.85 Å². The average Bonchev–Trinajstić information content (AvgIpc) is 3.10. The highest BCUT2D eigenvalue weighted by molar-refractivity contribution is 5.55. The normalized spacial score (nSPS) is 21.8. The predicted molar refractivity (Wildman–Crippen MR) is 62.8 cm³/mol. The summed E-state index contributed by atoms with van der Waals surface area (Å²) in [6, 6.07) is 7.86. The summed E-state index contributed by atoms with van der Waals surface area (Å²) in [5, 5.41) is 0. The molecule has 2 aliphatic rings. The van der Waals surface area contributed by atoms with E-state index in [0.717, 1.165) is 32.5 Å². The number of hydrogen-bond acceptors (Lipinski definition) is 2. The van der Waals surface area contributed by atoms with E-state index in [1.807, 2.05) is 24.3 Å². The fraction of sp³-hybridized carbons (Fsp3) is 0.462. The molecule has 2 aliphatic heterocycles. The van der Waals surface area contributed by atoms with Crippen LogP contribution < -0.4 is 4.90 Å². The second-order valence-corrected chi connectivity index (χ2v) is 4.59. The molecule has 0 aliphatic carbocycles. The van der Waals surface area contributed by atoms with E-state index in [4.69, 9.17) is 11.3 Å². The Balaban J connectivity index is 1.70. The number of epoxide rings is 1. The third-order valence-electron chi connectivity index (χ3n) is 3.57. The molecule has 0 N–H and O–H groups in total. The number of hydrogen-bond donors (Lipinski definition) is 0. The number of nitrogens with zero attached hydrogens (tertiary/aromatic N) is 2. The number of rotatable bonds is 1. The molecule has 1 aromatic rings. The lowest BCUT2D eigenvalue weighted by atomic mass is 9.97. The van der Waals surface area contributed by atoms with Crippen molar-refractivity contribution >= 4 is 11.4 Å². The molecule has 3 nitrogen and oxygen atoms in total. The minimum absolute atomic E-state index is 0.243. The number of anilines is 1. The average molecular weight is 214 g/mol. The Morgan fingerprint density at radius 2 is 1.81 bits per heavy atom. The number of ether oxygens (including phenoxy) is 1. The van der Waals surface area contributed by atoms with Gasteiger partial charge >= 0.3 is 0 Å². The maximum absolute atomic E-state index is 6.91. The molecule has 0 amide bonds. The molecule has 3 heteroatoms. The van der Waals surface area contributed by atoms with Crippen LogP contribution in [-0.2, 0) is 4.74 Å². The zero-order valence-electron chi connectivity index (χ0n) is 9.15. The van der Waals surface area contributed by atoms with Crippen LogP contribution in [0.4, 0.5) is 11.4 Å². The molecular weight excluding hydrogens is 200 g/mol. The van der Waals surface area contributed by atoms with Crippen LogP contribution in [0.3, 0.4) is 0 Å². The number of piperidine rings is 1. The van der Waals surface area contributed by atoms with Gasteiger partial charge < -0.3 is 9.64 Å². The second-order valence-electron chi connectivity index (χ2n) is 4.59. The Labute approximate surface area is 95.5 Å². The summed E-state index contributed by atoms with van der Waals surface area (Å²) < 4.78 is 5.49. The van der Waals surface area contributed by atoms with Gasteiger partial charge in [-0.05, 0) is 25.0 Å². The van der Waals surface area contributed by atoms with Gasteiger partial charge in [0.15, 0.2) is 5.69 Å². The quantitative estimate of drug-likeness (QED) is 0.529. The van der Waals surface area contributed by atoms with E-state index in [1.165, 1.54) is 5.69 Å². The van der Waals surface area contributed by atoms with E-state index in [0.29, 0.717) is 5.69 Å². The van der Waals surface area contributed by atoms with Crippen molar-refractivity contribution in [3.05, 3.63) is 35.7 Å². The molecule has 0 unspecified atom stereocenters. The molecule has 0 aromatic heterocycles. The smallest absolute Gasteiger partial charge is 0.187 e. The van der Waals surface area contributed by atoms with Crippen molar-refractivity contribution in [1.82, 2.24) is 0 Å². The van der Waals surface area contributed by atoms with Crippen molar-refractivity contribution in [1.29, 1.82) is 0 Å². The van der Waals surface area contributed by atoms with Crippen molar-refractivity contribution < 1.29 is 4.74 Å². The predicted octanol–water partition coefficient (Wildman–Crippen LogP) is 2.61. The fourth-order valence-corrected chi connectivity index (χ4v) is 2.30. The summed E-state index contributed by atoms with van der Waals surface area (Å²) in [4.78, 5) is 5.78. The van der Waals surface area contributed by atoms with Crippen molar-refractivity contribution in [3.8, 4) is 0 Å². The van der Waals surface area contributed by atoms with Crippen LogP contribution in [0.15, 0.2) is 24.3 Å². The minimum Gasteiger partial charge on any atom is -0.371 e. The first-order valence-corrected chi connectivity index (χ1v) is 5.68. The Morgan fingerprint density at radius 3 is 2.31 bits per heavy atom. The van der Waals surface area contributed by atoms with E-state index < -0.39 is 0 Å². The van der Waals surface area contributed by atoms with E-state index in [9.17, 15) is 0 Å². The highest BCUT2D eigenvalue weighted by Gasteiger charge is 2.46. The summed E-state index contributed by atoms with van der Waals surface area (Å²) in [7, 11) is 0. The summed E-state index contributed by atoms with van der Waals surface area (Å²) in [5.41, 5.74) is 2.18. The van der Waals surface area contributed by atoms with Crippen LogP contribution in [-0.4, -0.2) is 25.3 Å². The van der Waals surface area contributed by atoms with Crippen molar-refractivity contribution in [3.63, 3.8) is 0 Å². The molecular formula is C13H14N2O. The first-order valence-electron chi connectivity index (χ1n) is 5.68. The molecule has 2 heterocycles. The zero-order chi connectivity index (χ0) is 11.0. The van der Waals surface area contributed by atoms with Crippen LogP contribution in [0, 0.1) is 6.57 Å². The molecule has 0 saturated carbocycles. The van der Waals surface area contributed by atoms with Gasteiger partial charge in [0.05, 0.1) is 18.8 Å². The SMILES string of the molecule is [C-]#[N+]c1ccc(N2CCC3(CC2)CO3)cc1. The summed E-state index contributed by atoms with van der Waals surface area (Å²) in [5.74, 6) is 0. The Bertz CT molecular complexity index is 418. The van der Waals surface area contributed by atoms with Crippen molar-refractivity contribution in [2.45, 2.75) is 18.4 Å². The first-order chi connectivity index (χ1) is 7.81. The van der Waals surface area contributed by atoms with Crippen molar-refractivity contribution in [2.24, 2.45) is 0 Å². The van der Waals surface area contributed by atoms with Gasteiger partial charge in [-0.1, -0.05) is 12.1 Å². The lowest BCUT2D eigenvalue weighted by Crippen LogP contribution is -2.37. The highest BCUT2D eigenvalue weighted by atomic mass is 16.6. The molecule has 2 saturated heterocycles.